The summed E-state index contributed by atoms with van der Waals surface area (Å²) in [5.41, 5.74) is -1.43. The van der Waals surface area contributed by atoms with Crippen LogP contribution in [0.3, 0.4) is 0 Å². The number of Topliss-reactive ketones (excluding diaryl/α,β-unsaturated/α-hetero) is 5. The molecular formula is C98H173N4O42P3. The number of unbranched alkanes of at least 4 members (excludes halogenated alkanes) is 13. The lowest BCUT2D eigenvalue weighted by Crippen LogP contribution is -2.58. The van der Waals surface area contributed by atoms with Crippen LogP contribution in [0.1, 0.15) is 266 Å². The number of amides is 3. The van der Waals surface area contributed by atoms with Crippen molar-refractivity contribution in [1.29, 1.82) is 5.26 Å². The second-order valence-corrected chi connectivity index (χ2v) is 44.2. The molecular weight excluding hydrogens is 2000 g/mol. The fourth-order valence-corrected chi connectivity index (χ4v) is 20.8. The van der Waals surface area contributed by atoms with Crippen molar-refractivity contribution in [2.75, 3.05) is 146 Å². The maximum Gasteiger partial charge on any atom is 0.475 e. The molecule has 0 aromatic rings. The van der Waals surface area contributed by atoms with E-state index in [2.05, 4.69) is 16.9 Å². The minimum absolute atomic E-state index is 0.00771. The first-order valence-corrected chi connectivity index (χ1v) is 57.2. The number of nitrogens with one attached hydrogen (secondary N) is 2. The monoisotopic (exact) mass is 2170 g/mol. The molecule has 27 atom stereocenters. The summed E-state index contributed by atoms with van der Waals surface area (Å²) in [4.78, 5) is 130. The van der Waals surface area contributed by atoms with Crippen molar-refractivity contribution < 1.29 is 202 Å². The third kappa shape index (κ3) is 49.8. The van der Waals surface area contributed by atoms with Gasteiger partial charge in [-0.25, -0.2) is 9.13 Å². The van der Waals surface area contributed by atoms with Crippen LogP contribution in [0.15, 0.2) is 0 Å². The second-order valence-electron chi connectivity index (χ2n) is 39.3. The molecule has 852 valence electrons. The number of β-amino-alcohol motifs (C(OH)–C–C–N with tert-alkyl or cyclic N) is 1. The zero-order valence-corrected chi connectivity index (χ0v) is 89.7. The summed E-state index contributed by atoms with van der Waals surface area (Å²) in [6.07, 6.45) is -3.64. The van der Waals surface area contributed by atoms with Gasteiger partial charge in [0.1, 0.15) is 102 Å². The molecule has 3 amide bonds. The van der Waals surface area contributed by atoms with Gasteiger partial charge in [-0.05, 0) is 116 Å². The number of phosphoric ester groups is 2. The van der Waals surface area contributed by atoms with Gasteiger partial charge in [0.2, 0.25) is 25.3 Å². The Balaban J connectivity index is 1.01. The average molecular weight is 2170 g/mol. The fraction of sp³-hybridized carbons (Fsp3) is 0.898. The number of rotatable bonds is 84. The predicted molar refractivity (Wildman–Crippen MR) is 528 cm³/mol. The van der Waals surface area contributed by atoms with Crippen LogP contribution in [0.25, 0.3) is 0 Å². The van der Waals surface area contributed by atoms with Crippen molar-refractivity contribution in [2.24, 2.45) is 17.8 Å². The maximum absolute atomic E-state index is 14.6. The molecule has 6 rings (SSSR count). The van der Waals surface area contributed by atoms with Gasteiger partial charge in [-0.3, -0.25) is 61.0 Å². The van der Waals surface area contributed by atoms with E-state index < -0.39 is 221 Å². The largest absolute Gasteiger partial charge is 0.475 e. The van der Waals surface area contributed by atoms with Crippen LogP contribution in [-0.2, 0) is 141 Å². The molecule has 46 nitrogen and oxygen atoms in total. The van der Waals surface area contributed by atoms with Crippen molar-refractivity contribution in [3.8, 4) is 6.07 Å². The summed E-state index contributed by atoms with van der Waals surface area (Å²) >= 11 is 0. The number of aliphatic hydroxyl groups is 10. The van der Waals surface area contributed by atoms with Gasteiger partial charge in [-0.15, -0.1) is 0 Å². The van der Waals surface area contributed by atoms with Crippen molar-refractivity contribution in [1.82, 2.24) is 15.5 Å². The number of nitriles is 1. The van der Waals surface area contributed by atoms with Crippen LogP contribution in [0.4, 0.5) is 0 Å². The molecule has 147 heavy (non-hydrogen) atoms. The lowest BCUT2D eigenvalue weighted by molar-refractivity contribution is -0.282. The normalized spacial score (nSPS) is 29.0. The Labute approximate surface area is 864 Å². The number of hydrogen-bond donors (Lipinski definition) is 14. The van der Waals surface area contributed by atoms with Crippen LogP contribution >= 0.6 is 23.2 Å². The molecule has 0 spiro atoms. The van der Waals surface area contributed by atoms with Gasteiger partial charge in [0.25, 0.3) is 0 Å². The summed E-state index contributed by atoms with van der Waals surface area (Å²) in [5, 5.41) is 116. The van der Waals surface area contributed by atoms with Gasteiger partial charge >= 0.3 is 15.6 Å². The Hall–Kier alpha value is -4.27. The van der Waals surface area contributed by atoms with Crippen molar-refractivity contribution in [3.05, 3.63) is 0 Å². The Morgan fingerprint density at radius 3 is 1.32 bits per heavy atom. The number of likely N-dealkylation sites (tertiary alicyclic amines) is 1. The Morgan fingerprint density at radius 1 is 0.429 bits per heavy atom. The molecule has 6 fully saturated rings. The molecule has 0 aromatic carbocycles. The summed E-state index contributed by atoms with van der Waals surface area (Å²) in [6, 6.07) is 1.07. The molecule has 6 aliphatic rings. The van der Waals surface area contributed by atoms with Crippen molar-refractivity contribution in [2.45, 2.75) is 400 Å². The quantitative estimate of drug-likeness (QED) is 0.0254. The maximum atomic E-state index is 14.6. The number of nitrogens with zero attached hydrogens (tertiary/aromatic N) is 2. The summed E-state index contributed by atoms with van der Waals surface area (Å²) in [7, 11) is -10.6. The SMILES string of the molecule is C=P(O)(OC)OC[C@H]1O[C@@H](C)[C@H](OCCOC)[C@@H]1OP(=O)(OCCC#N)OC[C@H]1O[C@@H](C)C[C@@H]1OP(=O)(O)OC[C@@H]1C[C@@H](O)CN1C(=O)CCCCCCCCC(=O)NC(COCCC(=O)CCCCCC(=O)CCCCO[C@@H]1OC(CO)[C@H](O)[C@H](O)C1C)(COCCC(=O)CCCCCC(=O)CCCCO[C@@H]1OC(CO)[C@H](O)[C@H](O)C1C)COCCC(=O)NCCCCC(=O)CCCCO[C@@H]1OC(CO)[C@H](O)[C@H](O)C1C. The number of carbonyl (C=O) groups excluding carboxylic acids is 8. The third-order valence-electron chi connectivity index (χ3n) is 26.9. The van der Waals surface area contributed by atoms with Crippen LogP contribution < -0.4 is 10.6 Å². The van der Waals surface area contributed by atoms with E-state index in [1.165, 1.54) is 19.1 Å². The Bertz CT molecular complexity index is 3740. The summed E-state index contributed by atoms with van der Waals surface area (Å²) in [6.45, 7) is 5.22. The zero-order chi connectivity index (χ0) is 108. The lowest BCUT2D eigenvalue weighted by atomic mass is 9.92. The zero-order valence-electron chi connectivity index (χ0n) is 87.0. The lowest BCUT2D eigenvalue weighted by Gasteiger charge is -2.40. The highest BCUT2D eigenvalue weighted by molar-refractivity contribution is 7.58. The molecule has 14 N–H and O–H groups in total. The molecule has 0 radical (unpaired) electrons. The van der Waals surface area contributed by atoms with Crippen LogP contribution in [0.2, 0.25) is 0 Å². The molecule has 6 saturated heterocycles. The topological polar surface area (TPSA) is 649 Å². The van der Waals surface area contributed by atoms with Crippen LogP contribution in [-0.4, -0.2) is 399 Å². The van der Waals surface area contributed by atoms with Crippen molar-refractivity contribution >= 4 is 76.1 Å². The van der Waals surface area contributed by atoms with Gasteiger partial charge in [-0.2, -0.15) is 5.26 Å². The molecule has 0 aromatic heterocycles. The number of methoxy groups -OCH3 is 1. The molecule has 9 unspecified atom stereocenters. The van der Waals surface area contributed by atoms with E-state index in [9.17, 15) is 114 Å². The summed E-state index contributed by atoms with van der Waals surface area (Å²) < 4.78 is 144. The standard InChI is InChI=1S/C98H173N4O42P3/c1-66-54-78(82(138-66)61-137-147(124,134-48-29-43-99)144-94-83(62-135-145(8,121)126-7)139-70(5)93(94)130-53-52-125-6)143-146(122,123)136-60-71-55-77(111)56-102(71)86(114)39-20-12-10-9-11-19-38-85(113)101-98(63-127-49-40-75(109)32-17-13-15-30-72(106)35-22-26-45-131-95-67(2)87(115)90(118)79(57-103)140-95,64-128-50-41-76(110)33-18-14-16-31-73(107)36-23-27-46-132-96-68(3)88(116)91(119)80(58-104)141-96)65-129-51-42-84(112)100-44-25-21-34-74(108)37-24-28-47-133-97-69(4)89(117)92(120)81(59-105)142-97/h66-71,77-83,87-97,103-105,111,115-121H,8-42,44-65H2,1-7H3,(H,100,112)(H,101,113)(H,122,123)/t66-,67?,68?,69?,70-,71-,77+,78-,79?,80?,81?,82+,83+,87+,88+,89+,90-,91-,92-,93-,94+,95+,96+,97+,98?,145?,147?/m0/s1. The van der Waals surface area contributed by atoms with E-state index in [1.54, 1.807) is 34.6 Å². The highest BCUT2D eigenvalue weighted by Crippen LogP contribution is 2.55. The number of phosphoric acid groups is 2. The number of carbonyl (C=O) groups is 8. The number of aliphatic hydroxyl groups excluding tert-OH is 10. The minimum Gasteiger partial charge on any atom is -0.394 e. The first-order chi connectivity index (χ1) is 70.2. The van der Waals surface area contributed by atoms with Crippen LogP contribution in [0.5, 0.6) is 0 Å². The van der Waals surface area contributed by atoms with Gasteiger partial charge in [0.15, 0.2) is 18.9 Å². The Kier molecular flexibility index (Phi) is 64.2. The Morgan fingerprint density at radius 2 is 0.857 bits per heavy atom. The predicted octanol–water partition coefficient (Wildman–Crippen LogP) is 5.75. The molecule has 0 aliphatic carbocycles. The highest BCUT2D eigenvalue weighted by Gasteiger charge is 2.52. The van der Waals surface area contributed by atoms with E-state index >= 15 is 0 Å². The number of hydrogen-bond acceptors (Lipinski definition) is 42. The van der Waals surface area contributed by atoms with E-state index in [4.69, 9.17) is 93.2 Å². The average Bonchev–Trinajstić information content (AvgIpc) is 1.39. The minimum atomic E-state index is -4.98. The molecule has 0 bridgehead atoms. The van der Waals surface area contributed by atoms with E-state index in [-0.39, 0.29) is 204 Å². The fourth-order valence-electron chi connectivity index (χ4n) is 17.9. The van der Waals surface area contributed by atoms with E-state index in [0.717, 1.165) is 0 Å². The molecule has 6 heterocycles. The summed E-state index contributed by atoms with van der Waals surface area (Å²) in [5.74, 6) is -2.74. The second kappa shape index (κ2) is 71.8. The van der Waals surface area contributed by atoms with Gasteiger partial charge in [0, 0.05) is 155 Å². The van der Waals surface area contributed by atoms with Crippen molar-refractivity contribution in [3.63, 3.8) is 0 Å². The molecule has 0 saturated carbocycles. The third-order valence-corrected chi connectivity index (χ3v) is 30.5. The number of ether oxygens (including phenoxy) is 13. The number of ketones is 5. The van der Waals surface area contributed by atoms with E-state index in [0.29, 0.717) is 161 Å². The highest BCUT2D eigenvalue weighted by atomic mass is 31.2. The smallest absolute Gasteiger partial charge is 0.394 e. The first-order valence-electron chi connectivity index (χ1n) is 52.5. The van der Waals surface area contributed by atoms with E-state index in [1.807, 2.05) is 6.07 Å². The first kappa shape index (κ1) is 131. The molecule has 6 aliphatic heterocycles. The molecule has 49 heteroatoms. The van der Waals surface area contributed by atoms with Gasteiger partial charge < -0.3 is 147 Å². The van der Waals surface area contributed by atoms with Gasteiger partial charge in [0.05, 0.1) is 154 Å². The van der Waals surface area contributed by atoms with Gasteiger partial charge in [-0.1, -0.05) is 59.3 Å². The van der Waals surface area contributed by atoms with Crippen LogP contribution in [0, 0.1) is 29.1 Å².